The van der Waals surface area contributed by atoms with Crippen molar-refractivity contribution >= 4 is 22.3 Å². The average Bonchev–Trinajstić information content (AvgIpc) is 2.87. The smallest absolute Gasteiger partial charge is 0.161 e. The number of fused-ring (bicyclic) bond motifs is 1. The molecule has 1 N–H and O–H groups in total. The molecule has 1 unspecified atom stereocenters. The highest BCUT2D eigenvalue weighted by Gasteiger charge is 2.15. The Morgan fingerprint density at radius 3 is 2.94 bits per heavy atom. The second-order valence-corrected chi connectivity index (χ2v) is 8.50. The van der Waals surface area contributed by atoms with Crippen LogP contribution in [-0.4, -0.2) is 36.3 Å². The van der Waals surface area contributed by atoms with Gasteiger partial charge in [-0.25, -0.2) is 9.97 Å². The zero-order chi connectivity index (χ0) is 23.2. The molecule has 1 atom stereocenters. The molecule has 34 heavy (non-hydrogen) atoms. The molecule has 0 saturated carbocycles. The maximum absolute atomic E-state index is 6.06. The lowest BCUT2D eigenvalue weighted by Crippen LogP contribution is -2.25. The minimum atomic E-state index is 0.192. The lowest BCUT2D eigenvalue weighted by atomic mass is 10.0. The largest absolute Gasteiger partial charge is 0.491 e. The van der Waals surface area contributed by atoms with Crippen molar-refractivity contribution in [3.8, 4) is 16.9 Å². The number of aromatic nitrogens is 2. The molecule has 5 heteroatoms. The molecule has 1 aliphatic carbocycles. The summed E-state index contributed by atoms with van der Waals surface area (Å²) in [5, 5.41) is 4.24. The van der Waals surface area contributed by atoms with Crippen LogP contribution in [0.5, 0.6) is 5.75 Å². The highest BCUT2D eigenvalue weighted by molar-refractivity contribution is 5.94. The summed E-state index contributed by atoms with van der Waals surface area (Å²) in [6, 6.07) is 14.5. The number of nitrogens with zero attached hydrogens (tertiary/aromatic N) is 2. The highest BCUT2D eigenvalue weighted by atomic mass is 16.5. The standard InChI is InChI=1S/C29H29N3O2/c1-30-29-26-19-23(22-12-9-14-24(18-22)34-20-25-13-7-8-17-33-25)15-16-27(26)31-28(32-29)21-10-5-3-2-4-6-11-21/h3-5,9-12,14-16,18-19,25H,6-8,13,17,20H2,1H3,(H,30,31,32). The van der Waals surface area contributed by atoms with Gasteiger partial charge >= 0.3 is 0 Å². The van der Waals surface area contributed by atoms with E-state index in [1.165, 1.54) is 6.42 Å². The second kappa shape index (κ2) is 10.5. The van der Waals surface area contributed by atoms with Crippen LogP contribution in [0.2, 0.25) is 0 Å². The Kier molecular flexibility index (Phi) is 6.85. The van der Waals surface area contributed by atoms with Crippen LogP contribution < -0.4 is 10.1 Å². The number of hydrogen-bond acceptors (Lipinski definition) is 5. The Hall–Kier alpha value is -3.66. The molecule has 0 amide bonds. The monoisotopic (exact) mass is 451 g/mol. The Morgan fingerprint density at radius 2 is 2.06 bits per heavy atom. The zero-order valence-electron chi connectivity index (χ0n) is 19.5. The maximum atomic E-state index is 6.06. The van der Waals surface area contributed by atoms with Gasteiger partial charge in [0.1, 0.15) is 18.2 Å². The van der Waals surface area contributed by atoms with Crippen LogP contribution in [0, 0.1) is 0 Å². The van der Waals surface area contributed by atoms with Gasteiger partial charge in [-0.2, -0.15) is 0 Å². The van der Waals surface area contributed by atoms with Crippen molar-refractivity contribution in [2.24, 2.45) is 0 Å². The van der Waals surface area contributed by atoms with Crippen LogP contribution in [-0.2, 0) is 4.74 Å². The third-order valence-electron chi connectivity index (χ3n) is 6.11. The van der Waals surface area contributed by atoms with Crippen molar-refractivity contribution in [3.63, 3.8) is 0 Å². The maximum Gasteiger partial charge on any atom is 0.161 e. The first-order valence-corrected chi connectivity index (χ1v) is 11.9. The van der Waals surface area contributed by atoms with Crippen LogP contribution >= 0.6 is 0 Å². The molecule has 2 aromatic carbocycles. The average molecular weight is 452 g/mol. The van der Waals surface area contributed by atoms with Crippen LogP contribution in [0.4, 0.5) is 5.82 Å². The number of hydrogen-bond donors (Lipinski definition) is 1. The van der Waals surface area contributed by atoms with Crippen molar-refractivity contribution in [1.82, 2.24) is 9.97 Å². The molecule has 0 bridgehead atoms. The minimum absolute atomic E-state index is 0.192. The van der Waals surface area contributed by atoms with E-state index in [0.717, 1.165) is 65.0 Å². The third-order valence-corrected chi connectivity index (χ3v) is 6.11. The summed E-state index contributed by atoms with van der Waals surface area (Å²) in [5.41, 5.74) is 7.21. The fourth-order valence-corrected chi connectivity index (χ4v) is 4.28. The van der Waals surface area contributed by atoms with E-state index in [9.17, 15) is 0 Å². The van der Waals surface area contributed by atoms with E-state index in [0.29, 0.717) is 12.4 Å². The molecule has 2 aliphatic rings. The van der Waals surface area contributed by atoms with Gasteiger partial charge in [-0.05, 0) is 73.2 Å². The second-order valence-electron chi connectivity index (χ2n) is 8.50. The quantitative estimate of drug-likeness (QED) is 0.443. The lowest BCUT2D eigenvalue weighted by Gasteiger charge is -2.22. The van der Waals surface area contributed by atoms with E-state index in [1.807, 2.05) is 43.5 Å². The molecule has 5 rings (SSSR count). The predicted octanol–water partition coefficient (Wildman–Crippen LogP) is 6.34. The van der Waals surface area contributed by atoms with Crippen molar-refractivity contribution in [2.45, 2.75) is 31.8 Å². The SMILES string of the molecule is CNc1nc(C2=CCC=C=CC=C2)nc2ccc(-c3cccc(OCC4CCCCO4)c3)cc12. The first-order chi connectivity index (χ1) is 16.8. The number of rotatable bonds is 6. The van der Waals surface area contributed by atoms with Crippen molar-refractivity contribution < 1.29 is 9.47 Å². The molecule has 1 fully saturated rings. The molecular formula is C29H29N3O2. The molecule has 0 radical (unpaired) electrons. The molecule has 3 aromatic rings. The highest BCUT2D eigenvalue weighted by Crippen LogP contribution is 2.31. The molecule has 1 aromatic heterocycles. The minimum Gasteiger partial charge on any atom is -0.491 e. The molecule has 1 saturated heterocycles. The Balaban J connectivity index is 1.42. The third kappa shape index (κ3) is 5.12. The van der Waals surface area contributed by atoms with Gasteiger partial charge in [0.2, 0.25) is 0 Å². The van der Waals surface area contributed by atoms with E-state index in [4.69, 9.17) is 19.4 Å². The topological polar surface area (TPSA) is 56.3 Å². The number of allylic oxidation sites excluding steroid dienone is 5. The normalized spacial score (nSPS) is 17.8. The van der Waals surface area contributed by atoms with Crippen LogP contribution in [0.15, 0.2) is 78.6 Å². The first kappa shape index (κ1) is 22.1. The van der Waals surface area contributed by atoms with Gasteiger partial charge in [-0.15, -0.1) is 5.73 Å². The molecule has 172 valence electrons. The zero-order valence-corrected chi connectivity index (χ0v) is 19.5. The molecule has 1 aliphatic heterocycles. The molecule has 2 heterocycles. The summed E-state index contributed by atoms with van der Waals surface area (Å²) in [5.74, 6) is 2.38. The van der Waals surface area contributed by atoms with Crippen molar-refractivity contribution in [2.75, 3.05) is 25.6 Å². The van der Waals surface area contributed by atoms with Gasteiger partial charge in [0, 0.05) is 24.6 Å². The van der Waals surface area contributed by atoms with E-state index < -0.39 is 0 Å². The summed E-state index contributed by atoms with van der Waals surface area (Å²) in [4.78, 5) is 9.68. The Labute approximate surface area is 200 Å². The van der Waals surface area contributed by atoms with E-state index >= 15 is 0 Å². The van der Waals surface area contributed by atoms with Gasteiger partial charge < -0.3 is 14.8 Å². The number of ether oxygens (including phenoxy) is 2. The summed E-state index contributed by atoms with van der Waals surface area (Å²) >= 11 is 0. The van der Waals surface area contributed by atoms with E-state index in [2.05, 4.69) is 47.5 Å². The molecule has 0 spiro atoms. The fraction of sp³-hybridized carbons (Fsp3) is 0.276. The summed E-state index contributed by atoms with van der Waals surface area (Å²) in [6.07, 6.45) is 14.4. The summed E-state index contributed by atoms with van der Waals surface area (Å²) in [6.45, 7) is 1.43. The fourth-order valence-electron chi connectivity index (χ4n) is 4.28. The van der Waals surface area contributed by atoms with E-state index in [-0.39, 0.29) is 6.10 Å². The predicted molar refractivity (Wildman–Crippen MR) is 138 cm³/mol. The van der Waals surface area contributed by atoms with E-state index in [1.54, 1.807) is 0 Å². The van der Waals surface area contributed by atoms with Gasteiger partial charge in [-0.1, -0.05) is 36.4 Å². The number of nitrogens with one attached hydrogen (secondary N) is 1. The van der Waals surface area contributed by atoms with Gasteiger partial charge in [0.25, 0.3) is 0 Å². The Morgan fingerprint density at radius 1 is 1.12 bits per heavy atom. The van der Waals surface area contributed by atoms with Crippen LogP contribution in [0.25, 0.3) is 27.6 Å². The van der Waals surface area contributed by atoms with Gasteiger partial charge in [0.05, 0.1) is 11.6 Å². The van der Waals surface area contributed by atoms with Gasteiger partial charge in [0.15, 0.2) is 5.82 Å². The summed E-state index contributed by atoms with van der Waals surface area (Å²) in [7, 11) is 1.90. The van der Waals surface area contributed by atoms with Crippen molar-refractivity contribution in [1.29, 1.82) is 0 Å². The van der Waals surface area contributed by atoms with Crippen molar-refractivity contribution in [3.05, 3.63) is 84.4 Å². The lowest BCUT2D eigenvalue weighted by molar-refractivity contribution is -0.0110. The number of anilines is 1. The van der Waals surface area contributed by atoms with Crippen LogP contribution in [0.3, 0.4) is 0 Å². The molecule has 5 nitrogen and oxygen atoms in total. The van der Waals surface area contributed by atoms with Crippen LogP contribution in [0.1, 0.15) is 31.5 Å². The van der Waals surface area contributed by atoms with Gasteiger partial charge in [-0.3, -0.25) is 0 Å². The first-order valence-electron chi connectivity index (χ1n) is 11.9. The Bertz CT molecular complexity index is 1300. The number of benzene rings is 2. The molecular weight excluding hydrogens is 422 g/mol. The summed E-state index contributed by atoms with van der Waals surface area (Å²) < 4.78 is 11.9.